The molecular weight excluding hydrogens is 356 g/mol. The van der Waals surface area contributed by atoms with Crippen molar-refractivity contribution in [3.05, 3.63) is 70.1 Å². The lowest BCUT2D eigenvalue weighted by molar-refractivity contribution is -0.119. The van der Waals surface area contributed by atoms with E-state index >= 15 is 0 Å². The number of likely N-dealkylation sites (N-methyl/N-ethyl adjacent to an activating group) is 1. The van der Waals surface area contributed by atoms with Gasteiger partial charge in [0.05, 0.1) is 17.8 Å². The molecule has 0 aliphatic heterocycles. The van der Waals surface area contributed by atoms with Crippen LogP contribution >= 0.6 is 0 Å². The molecule has 0 atom stereocenters. The Balaban J connectivity index is 2.05. The largest absolute Gasteiger partial charge is 0.359 e. The maximum Gasteiger partial charge on any atom is 0.276 e. The molecule has 2 amide bonds. The van der Waals surface area contributed by atoms with Crippen molar-refractivity contribution < 1.29 is 9.59 Å². The molecule has 0 spiro atoms. The monoisotopic (exact) mass is 378 g/mol. The average molecular weight is 378 g/mol. The highest BCUT2D eigenvalue weighted by Gasteiger charge is 2.19. The lowest BCUT2D eigenvalue weighted by atomic mass is 10.1. The third-order valence-corrected chi connectivity index (χ3v) is 4.43. The highest BCUT2D eigenvalue weighted by molar-refractivity contribution is 6.11. The van der Waals surface area contributed by atoms with Crippen LogP contribution in [0.5, 0.6) is 0 Å². The summed E-state index contributed by atoms with van der Waals surface area (Å²) in [6.45, 7) is 3.67. The number of rotatable bonds is 5. The van der Waals surface area contributed by atoms with E-state index in [1.54, 1.807) is 55.6 Å². The highest BCUT2D eigenvalue weighted by atomic mass is 16.2. The molecule has 7 heteroatoms. The van der Waals surface area contributed by atoms with Gasteiger partial charge in [-0.3, -0.25) is 14.4 Å². The van der Waals surface area contributed by atoms with E-state index in [0.717, 1.165) is 0 Å². The van der Waals surface area contributed by atoms with Crippen LogP contribution in [0.25, 0.3) is 10.8 Å². The Morgan fingerprint density at radius 2 is 1.68 bits per heavy atom. The number of nitrogens with one attached hydrogen (secondary N) is 2. The first kappa shape index (κ1) is 19.3. The zero-order valence-electron chi connectivity index (χ0n) is 16.0. The summed E-state index contributed by atoms with van der Waals surface area (Å²) >= 11 is 0. The Labute approximate surface area is 162 Å². The number of hydrogen-bond donors (Lipinski definition) is 2. The van der Waals surface area contributed by atoms with Gasteiger partial charge in [-0.05, 0) is 31.5 Å². The summed E-state index contributed by atoms with van der Waals surface area (Å²) in [5, 5.41) is 10.7. The Kier molecular flexibility index (Phi) is 5.54. The molecule has 0 saturated carbocycles. The zero-order valence-corrected chi connectivity index (χ0v) is 16.0. The minimum Gasteiger partial charge on any atom is -0.359 e. The van der Waals surface area contributed by atoms with Crippen molar-refractivity contribution in [2.24, 2.45) is 0 Å². The molecule has 2 aromatic carbocycles. The summed E-state index contributed by atoms with van der Waals surface area (Å²) in [4.78, 5) is 37.4. The molecule has 0 fully saturated rings. The Morgan fingerprint density at radius 3 is 2.36 bits per heavy atom. The van der Waals surface area contributed by atoms with Crippen molar-refractivity contribution in [1.82, 2.24) is 15.1 Å². The standard InChI is InChI=1S/C21H22N4O3/c1-13(2)25-21(28)16-10-6-5-9-15(16)19(24-25)20(27)23-17-11-7-4-8-14(17)12-18(26)22-3/h4-11,13H,12H2,1-3H3,(H,22,26)(H,23,27). The van der Waals surface area contributed by atoms with Gasteiger partial charge in [0, 0.05) is 18.1 Å². The summed E-state index contributed by atoms with van der Waals surface area (Å²) in [5.74, 6) is -0.589. The van der Waals surface area contributed by atoms with Gasteiger partial charge in [0.15, 0.2) is 5.69 Å². The molecule has 0 unspecified atom stereocenters. The maximum atomic E-state index is 13.0. The first-order chi connectivity index (χ1) is 13.4. The van der Waals surface area contributed by atoms with Crippen LogP contribution in [0.3, 0.4) is 0 Å². The van der Waals surface area contributed by atoms with Gasteiger partial charge in [-0.15, -0.1) is 0 Å². The Hall–Kier alpha value is -3.48. The van der Waals surface area contributed by atoms with Crippen molar-refractivity contribution in [3.8, 4) is 0 Å². The first-order valence-corrected chi connectivity index (χ1v) is 9.03. The minimum absolute atomic E-state index is 0.145. The predicted octanol–water partition coefficient (Wildman–Crippen LogP) is 2.52. The molecule has 28 heavy (non-hydrogen) atoms. The van der Waals surface area contributed by atoms with Crippen LogP contribution in [0.4, 0.5) is 5.69 Å². The maximum absolute atomic E-state index is 13.0. The molecule has 0 aliphatic rings. The second-order valence-electron chi connectivity index (χ2n) is 6.70. The van der Waals surface area contributed by atoms with Crippen LogP contribution in [-0.2, 0) is 11.2 Å². The molecule has 7 nitrogen and oxygen atoms in total. The molecule has 1 aromatic heterocycles. The second kappa shape index (κ2) is 8.04. The number of carbonyl (C=O) groups is 2. The van der Waals surface area contributed by atoms with Crippen LogP contribution in [-0.4, -0.2) is 28.6 Å². The van der Waals surface area contributed by atoms with Crippen LogP contribution in [0.15, 0.2) is 53.3 Å². The number of hydrogen-bond acceptors (Lipinski definition) is 4. The summed E-state index contributed by atoms with van der Waals surface area (Å²) in [6, 6.07) is 13.8. The van der Waals surface area contributed by atoms with Crippen LogP contribution in [0.2, 0.25) is 0 Å². The van der Waals surface area contributed by atoms with E-state index in [1.165, 1.54) is 4.68 Å². The SMILES string of the molecule is CNC(=O)Cc1ccccc1NC(=O)c1nn(C(C)C)c(=O)c2ccccc12. The van der Waals surface area contributed by atoms with Gasteiger partial charge in [0.2, 0.25) is 5.91 Å². The zero-order chi connectivity index (χ0) is 20.3. The van der Waals surface area contributed by atoms with Gasteiger partial charge in [0.25, 0.3) is 11.5 Å². The van der Waals surface area contributed by atoms with E-state index in [4.69, 9.17) is 0 Å². The Morgan fingerprint density at radius 1 is 1.04 bits per heavy atom. The van der Waals surface area contributed by atoms with E-state index in [0.29, 0.717) is 22.0 Å². The molecule has 2 N–H and O–H groups in total. The molecule has 1 heterocycles. The predicted molar refractivity (Wildman–Crippen MR) is 109 cm³/mol. The number of carbonyl (C=O) groups excluding carboxylic acids is 2. The first-order valence-electron chi connectivity index (χ1n) is 9.03. The third-order valence-electron chi connectivity index (χ3n) is 4.43. The molecule has 0 aliphatic carbocycles. The van der Waals surface area contributed by atoms with Gasteiger partial charge in [0.1, 0.15) is 0 Å². The third kappa shape index (κ3) is 3.78. The minimum atomic E-state index is -0.435. The van der Waals surface area contributed by atoms with Gasteiger partial charge in [-0.25, -0.2) is 4.68 Å². The number of nitrogens with zero attached hydrogens (tertiary/aromatic N) is 2. The summed E-state index contributed by atoms with van der Waals surface area (Å²) < 4.78 is 1.31. The molecule has 0 saturated heterocycles. The summed E-state index contributed by atoms with van der Waals surface area (Å²) in [6.07, 6.45) is 0.145. The van der Waals surface area contributed by atoms with Gasteiger partial charge >= 0.3 is 0 Å². The fourth-order valence-electron chi connectivity index (χ4n) is 2.96. The number of benzene rings is 2. The molecular formula is C21H22N4O3. The number of para-hydroxylation sites is 1. The molecule has 144 valence electrons. The summed E-state index contributed by atoms with van der Waals surface area (Å²) in [5.41, 5.74) is 1.15. The lowest BCUT2D eigenvalue weighted by Gasteiger charge is -2.14. The smallest absolute Gasteiger partial charge is 0.276 e. The van der Waals surface area contributed by atoms with E-state index in [-0.39, 0.29) is 29.6 Å². The van der Waals surface area contributed by atoms with Crippen molar-refractivity contribution in [3.63, 3.8) is 0 Å². The number of anilines is 1. The molecule has 3 rings (SSSR count). The van der Waals surface area contributed by atoms with E-state index in [1.807, 2.05) is 13.8 Å². The normalized spacial score (nSPS) is 10.9. The molecule has 0 bridgehead atoms. The van der Waals surface area contributed by atoms with E-state index in [9.17, 15) is 14.4 Å². The fraction of sp³-hybridized carbons (Fsp3) is 0.238. The quantitative estimate of drug-likeness (QED) is 0.713. The Bertz CT molecular complexity index is 1100. The summed E-state index contributed by atoms with van der Waals surface area (Å²) in [7, 11) is 1.56. The number of aromatic nitrogens is 2. The lowest BCUT2D eigenvalue weighted by Crippen LogP contribution is -2.29. The molecule has 0 radical (unpaired) electrons. The topological polar surface area (TPSA) is 93.1 Å². The van der Waals surface area contributed by atoms with Crippen LogP contribution in [0.1, 0.15) is 35.9 Å². The number of amides is 2. The second-order valence-corrected chi connectivity index (χ2v) is 6.70. The van der Waals surface area contributed by atoms with Crippen molar-refractivity contribution in [2.45, 2.75) is 26.3 Å². The molecule has 3 aromatic rings. The van der Waals surface area contributed by atoms with Gasteiger partial charge in [-0.2, -0.15) is 5.10 Å². The number of fused-ring (bicyclic) bond motifs is 1. The average Bonchev–Trinajstić information content (AvgIpc) is 2.69. The van der Waals surface area contributed by atoms with Gasteiger partial charge < -0.3 is 10.6 Å². The van der Waals surface area contributed by atoms with Crippen LogP contribution in [0, 0.1) is 0 Å². The van der Waals surface area contributed by atoms with Crippen LogP contribution < -0.4 is 16.2 Å². The van der Waals surface area contributed by atoms with Crippen molar-refractivity contribution >= 4 is 28.3 Å². The van der Waals surface area contributed by atoms with Crippen molar-refractivity contribution in [2.75, 3.05) is 12.4 Å². The fourth-order valence-corrected chi connectivity index (χ4v) is 2.96. The van der Waals surface area contributed by atoms with E-state index < -0.39 is 5.91 Å². The van der Waals surface area contributed by atoms with Gasteiger partial charge in [-0.1, -0.05) is 36.4 Å². The van der Waals surface area contributed by atoms with Crippen molar-refractivity contribution in [1.29, 1.82) is 0 Å². The highest BCUT2D eigenvalue weighted by Crippen LogP contribution is 2.19. The van der Waals surface area contributed by atoms with E-state index in [2.05, 4.69) is 15.7 Å².